The molecule has 0 aliphatic carbocycles. The number of imidazole rings is 1. The molecular formula is C16H17N3O. The molecule has 0 saturated heterocycles. The Kier molecular flexibility index (Phi) is 3.16. The molecule has 0 bridgehead atoms. The van der Waals surface area contributed by atoms with E-state index in [1.807, 2.05) is 36.4 Å². The second-order valence-corrected chi connectivity index (χ2v) is 4.70. The number of aromatic nitrogens is 2. The van der Waals surface area contributed by atoms with E-state index >= 15 is 0 Å². The van der Waals surface area contributed by atoms with Crippen LogP contribution in [0.25, 0.3) is 16.9 Å². The summed E-state index contributed by atoms with van der Waals surface area (Å²) in [6.45, 7) is 2.51. The lowest BCUT2D eigenvalue weighted by atomic mass is 10.1. The first-order valence-corrected chi connectivity index (χ1v) is 6.56. The average molecular weight is 267 g/mol. The molecule has 0 fully saturated rings. The molecule has 0 unspecified atom stereocenters. The van der Waals surface area contributed by atoms with E-state index in [9.17, 15) is 0 Å². The third kappa shape index (κ3) is 1.94. The largest absolute Gasteiger partial charge is 0.497 e. The summed E-state index contributed by atoms with van der Waals surface area (Å²) in [6.07, 6.45) is 0. The van der Waals surface area contributed by atoms with Crippen molar-refractivity contribution in [3.8, 4) is 17.0 Å². The highest BCUT2D eigenvalue weighted by atomic mass is 16.5. The summed E-state index contributed by atoms with van der Waals surface area (Å²) in [7, 11) is 1.66. The Labute approximate surface area is 117 Å². The minimum Gasteiger partial charge on any atom is -0.497 e. The predicted octanol–water partition coefficient (Wildman–Crippen LogP) is 2.78. The second kappa shape index (κ2) is 4.98. The number of nitrogens with two attached hydrogens (primary N) is 1. The maximum atomic E-state index is 5.94. The molecule has 4 nitrogen and oxygen atoms in total. The number of hydrogen-bond acceptors (Lipinski definition) is 3. The molecule has 2 heterocycles. The molecule has 0 aliphatic heterocycles. The molecule has 102 valence electrons. The highest BCUT2D eigenvalue weighted by molar-refractivity contribution is 5.67. The highest BCUT2D eigenvalue weighted by Gasteiger charge is 2.13. The summed E-state index contributed by atoms with van der Waals surface area (Å²) in [4.78, 5) is 4.71. The fraction of sp³-hybridized carbons (Fsp3) is 0.188. The van der Waals surface area contributed by atoms with Crippen LogP contribution in [0.3, 0.4) is 0 Å². The number of aryl methyl sites for hydroxylation is 1. The quantitative estimate of drug-likeness (QED) is 0.794. The van der Waals surface area contributed by atoms with E-state index in [-0.39, 0.29) is 0 Å². The van der Waals surface area contributed by atoms with Crippen LogP contribution in [-0.2, 0) is 6.54 Å². The SMILES string of the molecule is COc1ccc(-c2nc3cccc(C)n3c2CN)cc1. The molecule has 1 aromatic carbocycles. The number of ether oxygens (including phenoxy) is 1. The topological polar surface area (TPSA) is 52.5 Å². The van der Waals surface area contributed by atoms with Gasteiger partial charge < -0.3 is 10.5 Å². The van der Waals surface area contributed by atoms with Crippen LogP contribution in [0.15, 0.2) is 42.5 Å². The molecule has 2 N–H and O–H groups in total. The van der Waals surface area contributed by atoms with Gasteiger partial charge in [-0.15, -0.1) is 0 Å². The van der Waals surface area contributed by atoms with Gasteiger partial charge in [0.25, 0.3) is 0 Å². The molecule has 0 spiro atoms. The Balaban J connectivity index is 2.22. The Morgan fingerprint density at radius 1 is 1.15 bits per heavy atom. The van der Waals surface area contributed by atoms with Crippen molar-refractivity contribution in [2.24, 2.45) is 5.73 Å². The summed E-state index contributed by atoms with van der Waals surface area (Å²) in [5.74, 6) is 0.836. The molecule has 4 heteroatoms. The Morgan fingerprint density at radius 3 is 2.55 bits per heavy atom. The van der Waals surface area contributed by atoms with Gasteiger partial charge in [0.1, 0.15) is 11.4 Å². The smallest absolute Gasteiger partial charge is 0.137 e. The van der Waals surface area contributed by atoms with Gasteiger partial charge in [0.2, 0.25) is 0 Å². The second-order valence-electron chi connectivity index (χ2n) is 4.70. The number of nitrogens with zero attached hydrogens (tertiary/aromatic N) is 2. The van der Waals surface area contributed by atoms with Crippen LogP contribution in [0.1, 0.15) is 11.4 Å². The minimum atomic E-state index is 0.452. The van der Waals surface area contributed by atoms with E-state index in [0.29, 0.717) is 6.54 Å². The summed E-state index contributed by atoms with van der Waals surface area (Å²) in [5.41, 5.74) is 11.0. The lowest BCUT2D eigenvalue weighted by molar-refractivity contribution is 0.415. The molecule has 0 saturated carbocycles. The van der Waals surface area contributed by atoms with E-state index in [1.165, 1.54) is 0 Å². The fourth-order valence-electron chi connectivity index (χ4n) is 2.49. The van der Waals surface area contributed by atoms with E-state index in [4.69, 9.17) is 15.5 Å². The maximum absolute atomic E-state index is 5.94. The van der Waals surface area contributed by atoms with Crippen LogP contribution < -0.4 is 10.5 Å². The van der Waals surface area contributed by atoms with E-state index in [2.05, 4.69) is 17.4 Å². The van der Waals surface area contributed by atoms with Crippen molar-refractivity contribution in [2.75, 3.05) is 7.11 Å². The molecule has 3 rings (SSSR count). The molecule has 0 aliphatic rings. The summed E-state index contributed by atoms with van der Waals surface area (Å²) in [5, 5.41) is 0. The molecule has 2 aromatic heterocycles. The number of pyridine rings is 1. The average Bonchev–Trinajstić information content (AvgIpc) is 2.87. The summed E-state index contributed by atoms with van der Waals surface area (Å²) in [6, 6.07) is 14.0. The standard InChI is InChI=1S/C16H17N3O/c1-11-4-3-5-15-18-16(14(10-17)19(11)15)12-6-8-13(20-2)9-7-12/h3-9H,10,17H2,1-2H3. The maximum Gasteiger partial charge on any atom is 0.137 e. The van der Waals surface area contributed by atoms with E-state index in [0.717, 1.165) is 34.0 Å². The highest BCUT2D eigenvalue weighted by Crippen LogP contribution is 2.26. The third-order valence-corrected chi connectivity index (χ3v) is 3.49. The van der Waals surface area contributed by atoms with Gasteiger partial charge in [-0.05, 0) is 43.3 Å². The van der Waals surface area contributed by atoms with Crippen LogP contribution in [0.2, 0.25) is 0 Å². The van der Waals surface area contributed by atoms with Gasteiger partial charge in [-0.1, -0.05) is 6.07 Å². The molecule has 0 atom stereocenters. The van der Waals surface area contributed by atoms with Crippen molar-refractivity contribution in [3.05, 3.63) is 53.9 Å². The van der Waals surface area contributed by atoms with Gasteiger partial charge >= 0.3 is 0 Å². The molecule has 0 amide bonds. The van der Waals surface area contributed by atoms with Gasteiger partial charge in [-0.25, -0.2) is 4.98 Å². The lowest BCUT2D eigenvalue weighted by Gasteiger charge is -2.05. The van der Waals surface area contributed by atoms with Crippen LogP contribution >= 0.6 is 0 Å². The lowest BCUT2D eigenvalue weighted by Crippen LogP contribution is -2.04. The van der Waals surface area contributed by atoms with Crippen molar-refractivity contribution >= 4 is 5.65 Å². The zero-order valence-corrected chi connectivity index (χ0v) is 11.6. The molecule has 20 heavy (non-hydrogen) atoms. The molecule has 3 aromatic rings. The monoisotopic (exact) mass is 267 g/mol. The molecular weight excluding hydrogens is 250 g/mol. The van der Waals surface area contributed by atoms with Gasteiger partial charge in [0.15, 0.2) is 0 Å². The van der Waals surface area contributed by atoms with Crippen LogP contribution in [0.4, 0.5) is 0 Å². The van der Waals surface area contributed by atoms with E-state index < -0.39 is 0 Å². The zero-order valence-electron chi connectivity index (χ0n) is 11.6. The molecule has 0 radical (unpaired) electrons. The van der Waals surface area contributed by atoms with Gasteiger partial charge in [0, 0.05) is 17.8 Å². The number of hydrogen-bond donors (Lipinski definition) is 1. The first kappa shape index (κ1) is 12.7. The van der Waals surface area contributed by atoms with Gasteiger partial charge in [0.05, 0.1) is 18.5 Å². The number of benzene rings is 1. The van der Waals surface area contributed by atoms with Crippen molar-refractivity contribution in [2.45, 2.75) is 13.5 Å². The Hall–Kier alpha value is -2.33. The van der Waals surface area contributed by atoms with Crippen molar-refractivity contribution in [1.29, 1.82) is 0 Å². The number of rotatable bonds is 3. The van der Waals surface area contributed by atoms with Crippen LogP contribution in [-0.4, -0.2) is 16.5 Å². The minimum absolute atomic E-state index is 0.452. The first-order chi connectivity index (χ1) is 9.74. The Bertz CT molecular complexity index is 744. The van der Waals surface area contributed by atoms with E-state index in [1.54, 1.807) is 7.11 Å². The van der Waals surface area contributed by atoms with Gasteiger partial charge in [-0.3, -0.25) is 4.40 Å². The number of fused-ring (bicyclic) bond motifs is 1. The third-order valence-electron chi connectivity index (χ3n) is 3.49. The van der Waals surface area contributed by atoms with Crippen molar-refractivity contribution in [3.63, 3.8) is 0 Å². The predicted molar refractivity (Wildman–Crippen MR) is 79.8 cm³/mol. The normalized spacial score (nSPS) is 10.9. The Morgan fingerprint density at radius 2 is 1.90 bits per heavy atom. The first-order valence-electron chi connectivity index (χ1n) is 6.56. The summed E-state index contributed by atoms with van der Waals surface area (Å²) < 4.78 is 7.30. The fourth-order valence-corrected chi connectivity index (χ4v) is 2.49. The van der Waals surface area contributed by atoms with Crippen LogP contribution in [0.5, 0.6) is 5.75 Å². The zero-order chi connectivity index (χ0) is 14.1. The number of methoxy groups -OCH3 is 1. The van der Waals surface area contributed by atoms with Crippen molar-refractivity contribution in [1.82, 2.24) is 9.38 Å². The summed E-state index contributed by atoms with van der Waals surface area (Å²) >= 11 is 0. The van der Waals surface area contributed by atoms with Gasteiger partial charge in [-0.2, -0.15) is 0 Å². The van der Waals surface area contributed by atoms with Crippen LogP contribution in [0, 0.1) is 6.92 Å². The van der Waals surface area contributed by atoms with Crippen molar-refractivity contribution < 1.29 is 4.74 Å².